The maximum Gasteiger partial charge on any atom is 0.319 e. The summed E-state index contributed by atoms with van der Waals surface area (Å²) < 4.78 is 0. The average molecular weight is 182 g/mol. The summed E-state index contributed by atoms with van der Waals surface area (Å²) in [5.74, 6) is 0. The van der Waals surface area contributed by atoms with Crippen molar-refractivity contribution in [3.8, 4) is 0 Å². The molecule has 0 aromatic rings. The maximum absolute atomic E-state index is 11.7. The number of carbonyl (C=O) groups is 1. The monoisotopic (exact) mass is 182 g/mol. The smallest absolute Gasteiger partial charge is 0.319 e. The van der Waals surface area contributed by atoms with Crippen LogP contribution in [0.2, 0.25) is 0 Å². The van der Waals surface area contributed by atoms with E-state index in [0.717, 1.165) is 19.6 Å². The van der Waals surface area contributed by atoms with Crippen LogP contribution in [0.5, 0.6) is 0 Å². The molecule has 2 rings (SSSR count). The molecule has 0 aromatic heterocycles. The highest BCUT2D eigenvalue weighted by molar-refractivity contribution is 5.74. The second-order valence-corrected chi connectivity index (χ2v) is 4.47. The van der Waals surface area contributed by atoms with E-state index in [-0.39, 0.29) is 6.03 Å². The van der Waals surface area contributed by atoms with Crippen LogP contribution in [-0.2, 0) is 0 Å². The zero-order valence-electron chi connectivity index (χ0n) is 8.55. The molecule has 0 atom stereocenters. The van der Waals surface area contributed by atoms with Gasteiger partial charge in [0.1, 0.15) is 0 Å². The fourth-order valence-electron chi connectivity index (χ4n) is 2.06. The first-order valence-corrected chi connectivity index (χ1v) is 5.17. The van der Waals surface area contributed by atoms with Crippen molar-refractivity contribution in [2.75, 3.05) is 26.7 Å². The first kappa shape index (κ1) is 8.85. The van der Waals surface area contributed by atoms with Gasteiger partial charge in [0.15, 0.2) is 0 Å². The number of likely N-dealkylation sites (tertiary alicyclic amines) is 1. The molecule has 13 heavy (non-hydrogen) atoms. The van der Waals surface area contributed by atoms with Gasteiger partial charge < -0.3 is 9.80 Å². The van der Waals surface area contributed by atoms with Gasteiger partial charge in [-0.1, -0.05) is 0 Å². The maximum atomic E-state index is 11.7. The highest BCUT2D eigenvalue weighted by Gasteiger charge is 2.49. The van der Waals surface area contributed by atoms with Crippen LogP contribution in [0.15, 0.2) is 0 Å². The molecule has 0 N–H and O–H groups in total. The first-order chi connectivity index (χ1) is 6.17. The summed E-state index contributed by atoms with van der Waals surface area (Å²) in [4.78, 5) is 15.5. The Kier molecular flexibility index (Phi) is 1.97. The van der Waals surface area contributed by atoms with Crippen molar-refractivity contribution in [3.05, 3.63) is 0 Å². The summed E-state index contributed by atoms with van der Waals surface area (Å²) in [7, 11) is 1.88. The Morgan fingerprint density at radius 2 is 2.15 bits per heavy atom. The fraction of sp³-hybridized carbons (Fsp3) is 0.900. The zero-order valence-corrected chi connectivity index (χ0v) is 8.55. The molecule has 1 saturated heterocycles. The van der Waals surface area contributed by atoms with E-state index < -0.39 is 0 Å². The number of nitrogens with zero attached hydrogens (tertiary/aromatic N) is 2. The number of rotatable bonds is 1. The van der Waals surface area contributed by atoms with Gasteiger partial charge in [0.25, 0.3) is 0 Å². The quantitative estimate of drug-likeness (QED) is 0.603. The molecule has 0 bridgehead atoms. The minimum absolute atomic E-state index is 0.214. The molecule has 1 aliphatic carbocycles. The van der Waals surface area contributed by atoms with Crippen LogP contribution in [0.1, 0.15) is 26.2 Å². The number of hydrogen-bond donors (Lipinski definition) is 0. The van der Waals surface area contributed by atoms with Crippen molar-refractivity contribution >= 4 is 6.03 Å². The largest absolute Gasteiger partial charge is 0.328 e. The predicted molar refractivity (Wildman–Crippen MR) is 51.6 cm³/mol. The Balaban J connectivity index is 1.91. The van der Waals surface area contributed by atoms with E-state index >= 15 is 0 Å². The SMILES string of the molecule is CCN(C)C(=O)N1CCC2(CC2)C1. The predicted octanol–water partition coefficient (Wildman–Crippen LogP) is 1.54. The van der Waals surface area contributed by atoms with Gasteiger partial charge in [0.05, 0.1) is 0 Å². The van der Waals surface area contributed by atoms with Gasteiger partial charge in [0, 0.05) is 26.7 Å². The first-order valence-electron chi connectivity index (χ1n) is 5.17. The van der Waals surface area contributed by atoms with Gasteiger partial charge in [-0.3, -0.25) is 0 Å². The minimum Gasteiger partial charge on any atom is -0.328 e. The molecule has 0 aromatic carbocycles. The molecule has 1 saturated carbocycles. The normalized spacial score (nSPS) is 23.7. The molecular weight excluding hydrogens is 164 g/mol. The van der Waals surface area contributed by atoms with Gasteiger partial charge in [-0.15, -0.1) is 0 Å². The van der Waals surface area contributed by atoms with Gasteiger partial charge >= 0.3 is 6.03 Å². The molecule has 2 aliphatic rings. The molecule has 2 fully saturated rings. The fourth-order valence-corrected chi connectivity index (χ4v) is 2.06. The third-order valence-electron chi connectivity index (χ3n) is 3.47. The highest BCUT2D eigenvalue weighted by Crippen LogP contribution is 2.52. The van der Waals surface area contributed by atoms with Gasteiger partial charge in [-0.25, -0.2) is 4.79 Å². The molecule has 0 radical (unpaired) electrons. The molecule has 74 valence electrons. The Labute approximate surface area is 79.7 Å². The van der Waals surface area contributed by atoms with Gasteiger partial charge in [-0.2, -0.15) is 0 Å². The molecule has 1 spiro atoms. The lowest BCUT2D eigenvalue weighted by molar-refractivity contribution is 0.173. The van der Waals surface area contributed by atoms with Crippen LogP contribution in [0.4, 0.5) is 4.79 Å². The van der Waals surface area contributed by atoms with Crippen LogP contribution in [0.25, 0.3) is 0 Å². The van der Waals surface area contributed by atoms with Crippen LogP contribution < -0.4 is 0 Å². The number of carbonyl (C=O) groups excluding carboxylic acids is 1. The molecular formula is C10H18N2O. The second-order valence-electron chi connectivity index (χ2n) is 4.47. The summed E-state index contributed by atoms with van der Waals surface area (Å²) in [6, 6.07) is 0.214. The van der Waals surface area contributed by atoms with Crippen molar-refractivity contribution in [1.82, 2.24) is 9.80 Å². The lowest BCUT2D eigenvalue weighted by Crippen LogP contribution is -2.39. The van der Waals surface area contributed by atoms with E-state index in [2.05, 4.69) is 0 Å². The lowest BCUT2D eigenvalue weighted by atomic mass is 10.1. The van der Waals surface area contributed by atoms with Crippen LogP contribution in [0, 0.1) is 5.41 Å². The van der Waals surface area contributed by atoms with Crippen molar-refractivity contribution in [3.63, 3.8) is 0 Å². The van der Waals surface area contributed by atoms with E-state index in [9.17, 15) is 4.79 Å². The Hall–Kier alpha value is -0.730. The highest BCUT2D eigenvalue weighted by atomic mass is 16.2. The van der Waals surface area contributed by atoms with E-state index in [1.54, 1.807) is 4.90 Å². The van der Waals surface area contributed by atoms with E-state index in [0.29, 0.717) is 5.41 Å². The van der Waals surface area contributed by atoms with E-state index in [1.807, 2.05) is 18.9 Å². The molecule has 2 amide bonds. The van der Waals surface area contributed by atoms with Crippen molar-refractivity contribution in [1.29, 1.82) is 0 Å². The molecule has 0 unspecified atom stereocenters. The Morgan fingerprint density at radius 3 is 2.62 bits per heavy atom. The van der Waals surface area contributed by atoms with Crippen LogP contribution in [-0.4, -0.2) is 42.5 Å². The third kappa shape index (κ3) is 1.52. The summed E-state index contributed by atoms with van der Waals surface area (Å²) in [5.41, 5.74) is 0.560. The van der Waals surface area contributed by atoms with Crippen LogP contribution in [0.3, 0.4) is 0 Å². The van der Waals surface area contributed by atoms with Crippen LogP contribution >= 0.6 is 0 Å². The summed E-state index contributed by atoms with van der Waals surface area (Å²) in [6.45, 7) is 4.81. The second kappa shape index (κ2) is 2.89. The Bertz CT molecular complexity index is 223. The minimum atomic E-state index is 0.214. The number of amides is 2. The lowest BCUT2D eigenvalue weighted by Gasteiger charge is -2.23. The molecule has 3 heteroatoms. The average Bonchev–Trinajstić information content (AvgIpc) is 2.74. The van der Waals surface area contributed by atoms with E-state index in [1.165, 1.54) is 19.3 Å². The van der Waals surface area contributed by atoms with Gasteiger partial charge in [0.2, 0.25) is 0 Å². The number of hydrogen-bond acceptors (Lipinski definition) is 1. The zero-order chi connectivity index (χ0) is 9.47. The summed E-state index contributed by atoms with van der Waals surface area (Å²) in [5, 5.41) is 0. The topological polar surface area (TPSA) is 23.6 Å². The van der Waals surface area contributed by atoms with Crippen molar-refractivity contribution < 1.29 is 4.79 Å². The van der Waals surface area contributed by atoms with Crippen molar-refractivity contribution in [2.24, 2.45) is 5.41 Å². The standard InChI is InChI=1S/C10H18N2O/c1-3-11(2)9(13)12-7-6-10(8-12)4-5-10/h3-8H2,1-2H3. The molecule has 1 heterocycles. The van der Waals surface area contributed by atoms with Crippen molar-refractivity contribution in [2.45, 2.75) is 26.2 Å². The molecule has 1 aliphatic heterocycles. The summed E-state index contributed by atoms with van der Waals surface area (Å²) >= 11 is 0. The van der Waals surface area contributed by atoms with Gasteiger partial charge in [-0.05, 0) is 31.6 Å². The summed E-state index contributed by atoms with van der Waals surface area (Å²) in [6.07, 6.45) is 3.91. The molecule has 3 nitrogen and oxygen atoms in total. The third-order valence-corrected chi connectivity index (χ3v) is 3.47. The number of urea groups is 1. The Morgan fingerprint density at radius 1 is 1.46 bits per heavy atom. The van der Waals surface area contributed by atoms with E-state index in [4.69, 9.17) is 0 Å².